The minimum atomic E-state index is -0.394. The van der Waals surface area contributed by atoms with Gasteiger partial charge in [0.15, 0.2) is 0 Å². The van der Waals surface area contributed by atoms with Gasteiger partial charge in [0.25, 0.3) is 5.69 Å². The first-order valence-corrected chi connectivity index (χ1v) is 4.21. The number of nitro groups is 1. The van der Waals surface area contributed by atoms with Crippen LogP contribution < -0.4 is 10.6 Å². The fourth-order valence-corrected chi connectivity index (χ4v) is 1.22. The van der Waals surface area contributed by atoms with E-state index in [2.05, 4.69) is 0 Å². The van der Waals surface area contributed by atoms with Crippen LogP contribution in [0.4, 0.5) is 11.4 Å². The largest absolute Gasteiger partial charge is 0.372 e. The Hall–Kier alpha value is -1.62. The third-order valence-corrected chi connectivity index (χ3v) is 1.95. The van der Waals surface area contributed by atoms with Crippen LogP contribution in [0.2, 0.25) is 0 Å². The summed E-state index contributed by atoms with van der Waals surface area (Å²) in [6.45, 7) is 0.314. The predicted molar refractivity (Wildman–Crippen MR) is 55.3 cm³/mol. The van der Waals surface area contributed by atoms with Crippen LogP contribution in [0.15, 0.2) is 18.2 Å². The maximum atomic E-state index is 10.7. The van der Waals surface area contributed by atoms with Crippen LogP contribution in [0.1, 0.15) is 5.56 Å². The number of anilines is 1. The summed E-state index contributed by atoms with van der Waals surface area (Å²) < 4.78 is 0. The average molecular weight is 195 g/mol. The molecule has 1 aromatic rings. The highest BCUT2D eigenvalue weighted by Gasteiger charge is 2.15. The van der Waals surface area contributed by atoms with E-state index in [0.29, 0.717) is 12.2 Å². The van der Waals surface area contributed by atoms with Gasteiger partial charge in [0, 0.05) is 26.7 Å². The molecule has 0 heterocycles. The minimum Gasteiger partial charge on any atom is -0.372 e. The third-order valence-electron chi connectivity index (χ3n) is 1.95. The normalized spacial score (nSPS) is 9.93. The second kappa shape index (κ2) is 4.06. The molecule has 0 radical (unpaired) electrons. The number of nitrogens with zero attached hydrogens (tertiary/aromatic N) is 2. The molecule has 0 saturated heterocycles. The van der Waals surface area contributed by atoms with Crippen molar-refractivity contribution in [1.82, 2.24) is 0 Å². The smallest absolute Gasteiger partial charge is 0.292 e. The van der Waals surface area contributed by atoms with Gasteiger partial charge in [0.1, 0.15) is 5.69 Å². The Morgan fingerprint density at radius 2 is 2.14 bits per heavy atom. The van der Waals surface area contributed by atoms with Gasteiger partial charge in [-0.15, -0.1) is 0 Å². The number of nitro benzene ring substituents is 1. The minimum absolute atomic E-state index is 0.0953. The quantitative estimate of drug-likeness (QED) is 0.579. The highest BCUT2D eigenvalue weighted by Crippen LogP contribution is 2.27. The molecule has 1 aromatic carbocycles. The topological polar surface area (TPSA) is 72.4 Å². The van der Waals surface area contributed by atoms with E-state index in [1.165, 1.54) is 6.07 Å². The molecule has 0 unspecified atom stereocenters. The zero-order valence-corrected chi connectivity index (χ0v) is 8.23. The summed E-state index contributed by atoms with van der Waals surface area (Å²) >= 11 is 0. The second-order valence-corrected chi connectivity index (χ2v) is 3.18. The molecule has 1 rings (SSSR count). The van der Waals surface area contributed by atoms with Gasteiger partial charge >= 0.3 is 0 Å². The third kappa shape index (κ3) is 2.00. The van der Waals surface area contributed by atoms with Crippen molar-refractivity contribution in [2.45, 2.75) is 6.54 Å². The van der Waals surface area contributed by atoms with Gasteiger partial charge in [0.05, 0.1) is 4.92 Å². The Morgan fingerprint density at radius 1 is 1.50 bits per heavy atom. The number of hydrogen-bond acceptors (Lipinski definition) is 4. The molecule has 76 valence electrons. The molecule has 0 fully saturated rings. The molecular formula is C9H13N3O2. The van der Waals surface area contributed by atoms with Crippen molar-refractivity contribution in [3.05, 3.63) is 33.9 Å². The maximum absolute atomic E-state index is 10.7. The molecule has 14 heavy (non-hydrogen) atoms. The summed E-state index contributed by atoms with van der Waals surface area (Å²) in [5.41, 5.74) is 6.86. The lowest BCUT2D eigenvalue weighted by Crippen LogP contribution is -2.11. The van der Waals surface area contributed by atoms with Crippen LogP contribution in [0.25, 0.3) is 0 Å². The molecule has 0 aromatic heterocycles. The standard InChI is InChI=1S/C9H13N3O2/c1-11(2)8-4-3-7(6-10)5-9(8)12(13)14/h3-5H,6,10H2,1-2H3. The van der Waals surface area contributed by atoms with E-state index in [9.17, 15) is 10.1 Å². The van der Waals surface area contributed by atoms with E-state index in [-0.39, 0.29) is 5.69 Å². The summed E-state index contributed by atoms with van der Waals surface area (Å²) in [4.78, 5) is 12.0. The average Bonchev–Trinajstić information content (AvgIpc) is 2.16. The van der Waals surface area contributed by atoms with Crippen LogP contribution >= 0.6 is 0 Å². The summed E-state index contributed by atoms with van der Waals surface area (Å²) in [6, 6.07) is 5.01. The van der Waals surface area contributed by atoms with Crippen LogP contribution in [-0.2, 0) is 6.54 Å². The molecule has 0 aliphatic rings. The fourth-order valence-electron chi connectivity index (χ4n) is 1.22. The van der Waals surface area contributed by atoms with Crippen molar-refractivity contribution < 1.29 is 4.92 Å². The summed E-state index contributed by atoms with van der Waals surface area (Å²) in [5.74, 6) is 0. The Morgan fingerprint density at radius 3 is 2.57 bits per heavy atom. The van der Waals surface area contributed by atoms with Crippen molar-refractivity contribution in [2.24, 2.45) is 5.73 Å². The molecule has 0 amide bonds. The SMILES string of the molecule is CN(C)c1ccc(CN)cc1[N+](=O)[O-]. The first-order chi connectivity index (χ1) is 6.56. The highest BCUT2D eigenvalue weighted by molar-refractivity contribution is 5.63. The van der Waals surface area contributed by atoms with Crippen LogP contribution in [0, 0.1) is 10.1 Å². The first-order valence-electron chi connectivity index (χ1n) is 4.21. The lowest BCUT2D eigenvalue weighted by atomic mass is 10.1. The van der Waals surface area contributed by atoms with Gasteiger partial charge in [-0.05, 0) is 11.6 Å². The molecule has 0 aliphatic heterocycles. The monoisotopic (exact) mass is 195 g/mol. The molecule has 5 heteroatoms. The number of nitrogens with two attached hydrogens (primary N) is 1. The van der Waals surface area contributed by atoms with Crippen molar-refractivity contribution in [1.29, 1.82) is 0 Å². The molecule has 0 spiro atoms. The molecule has 0 aliphatic carbocycles. The van der Waals surface area contributed by atoms with Crippen LogP contribution in [0.3, 0.4) is 0 Å². The van der Waals surface area contributed by atoms with E-state index < -0.39 is 4.92 Å². The zero-order valence-electron chi connectivity index (χ0n) is 8.23. The number of rotatable bonds is 3. The van der Waals surface area contributed by atoms with Crippen molar-refractivity contribution >= 4 is 11.4 Å². The van der Waals surface area contributed by atoms with E-state index in [1.807, 2.05) is 0 Å². The zero-order chi connectivity index (χ0) is 10.7. The lowest BCUT2D eigenvalue weighted by Gasteiger charge is -2.12. The van der Waals surface area contributed by atoms with Crippen LogP contribution in [0.5, 0.6) is 0 Å². The van der Waals surface area contributed by atoms with Gasteiger partial charge in [0.2, 0.25) is 0 Å². The summed E-state index contributed by atoms with van der Waals surface area (Å²) in [7, 11) is 3.54. The highest BCUT2D eigenvalue weighted by atomic mass is 16.6. The van der Waals surface area contributed by atoms with Crippen molar-refractivity contribution in [2.75, 3.05) is 19.0 Å². The van der Waals surface area contributed by atoms with Gasteiger partial charge < -0.3 is 10.6 Å². The first kappa shape index (κ1) is 10.5. The predicted octanol–water partition coefficient (Wildman–Crippen LogP) is 1.12. The van der Waals surface area contributed by atoms with Gasteiger partial charge in [-0.1, -0.05) is 6.07 Å². The lowest BCUT2D eigenvalue weighted by molar-refractivity contribution is -0.384. The van der Waals surface area contributed by atoms with E-state index in [4.69, 9.17) is 5.73 Å². The number of benzene rings is 1. The van der Waals surface area contributed by atoms with Crippen LogP contribution in [-0.4, -0.2) is 19.0 Å². The molecule has 5 nitrogen and oxygen atoms in total. The van der Waals surface area contributed by atoms with E-state index in [1.54, 1.807) is 31.1 Å². The Labute approximate surface area is 82.3 Å². The molecule has 2 N–H and O–H groups in total. The van der Waals surface area contributed by atoms with Crippen molar-refractivity contribution in [3.8, 4) is 0 Å². The Kier molecular flexibility index (Phi) is 3.03. The summed E-state index contributed by atoms with van der Waals surface area (Å²) in [6.07, 6.45) is 0. The Bertz CT molecular complexity index is 350. The Balaban J connectivity index is 3.24. The molecular weight excluding hydrogens is 182 g/mol. The van der Waals surface area contributed by atoms with Gasteiger partial charge in [-0.2, -0.15) is 0 Å². The van der Waals surface area contributed by atoms with Gasteiger partial charge in [-0.25, -0.2) is 0 Å². The van der Waals surface area contributed by atoms with E-state index in [0.717, 1.165) is 5.56 Å². The van der Waals surface area contributed by atoms with Crippen molar-refractivity contribution in [3.63, 3.8) is 0 Å². The summed E-state index contributed by atoms with van der Waals surface area (Å²) in [5, 5.41) is 10.7. The number of hydrogen-bond donors (Lipinski definition) is 1. The maximum Gasteiger partial charge on any atom is 0.292 e. The fraction of sp³-hybridized carbons (Fsp3) is 0.333. The molecule has 0 saturated carbocycles. The molecule has 0 bridgehead atoms. The van der Waals surface area contributed by atoms with E-state index >= 15 is 0 Å². The van der Waals surface area contributed by atoms with Gasteiger partial charge in [-0.3, -0.25) is 10.1 Å². The second-order valence-electron chi connectivity index (χ2n) is 3.18. The molecule has 0 atom stereocenters.